The van der Waals surface area contributed by atoms with Crippen molar-refractivity contribution in [3.8, 4) is 11.3 Å². The number of nitrogens with one attached hydrogen (secondary N) is 1. The Kier molecular flexibility index (Phi) is 5.28. The van der Waals surface area contributed by atoms with E-state index in [1.165, 1.54) is 22.5 Å². The number of sulfonamides is 1. The lowest BCUT2D eigenvalue weighted by atomic mass is 9.91. The number of rotatable bonds is 4. The quantitative estimate of drug-likeness (QED) is 0.676. The van der Waals surface area contributed by atoms with Gasteiger partial charge in [-0.3, -0.25) is 4.79 Å². The summed E-state index contributed by atoms with van der Waals surface area (Å²) in [5, 5.41) is 11.1. The van der Waals surface area contributed by atoms with E-state index in [-0.39, 0.29) is 16.4 Å². The first-order valence-corrected chi connectivity index (χ1v) is 11.0. The number of benzene rings is 1. The molecule has 1 aliphatic heterocycles. The number of aryl methyl sites for hydroxylation is 1. The first-order chi connectivity index (χ1) is 13.8. The van der Waals surface area contributed by atoms with E-state index < -0.39 is 10.0 Å². The molecule has 3 aromatic rings. The van der Waals surface area contributed by atoms with Gasteiger partial charge in [-0.1, -0.05) is 16.8 Å². The molecule has 1 saturated heterocycles. The van der Waals surface area contributed by atoms with Crippen LogP contribution in [0.15, 0.2) is 50.6 Å². The summed E-state index contributed by atoms with van der Waals surface area (Å²) in [7, 11) is -3.58. The normalized spacial score (nSPS) is 16.2. The Balaban J connectivity index is 1.56. The molecule has 0 spiro atoms. The van der Waals surface area contributed by atoms with E-state index in [1.807, 2.05) is 0 Å². The molecule has 1 N–H and O–H groups in total. The third kappa shape index (κ3) is 3.98. The molecule has 0 saturated carbocycles. The van der Waals surface area contributed by atoms with Crippen LogP contribution in [-0.4, -0.2) is 41.2 Å². The maximum atomic E-state index is 12.9. The van der Waals surface area contributed by atoms with Crippen LogP contribution in [0.2, 0.25) is 5.02 Å². The molecule has 3 heterocycles. The molecule has 1 aromatic carbocycles. The van der Waals surface area contributed by atoms with Gasteiger partial charge >= 0.3 is 0 Å². The maximum absolute atomic E-state index is 12.9. The van der Waals surface area contributed by atoms with E-state index in [0.717, 1.165) is 0 Å². The molecule has 0 amide bonds. The van der Waals surface area contributed by atoms with E-state index >= 15 is 0 Å². The third-order valence-electron chi connectivity index (χ3n) is 5.02. The van der Waals surface area contributed by atoms with Crippen molar-refractivity contribution in [2.75, 3.05) is 13.1 Å². The molecule has 4 rings (SSSR count). The fraction of sp³-hybridized carbons (Fsp3) is 0.316. The van der Waals surface area contributed by atoms with Crippen molar-refractivity contribution in [1.82, 2.24) is 19.7 Å². The Hall–Kier alpha value is -2.49. The second kappa shape index (κ2) is 7.74. The van der Waals surface area contributed by atoms with Gasteiger partial charge < -0.3 is 4.52 Å². The Bertz CT molecular complexity index is 1180. The molecule has 0 aliphatic carbocycles. The lowest BCUT2D eigenvalue weighted by Gasteiger charge is -2.31. The average Bonchev–Trinajstić information content (AvgIpc) is 3.15. The molecule has 0 unspecified atom stereocenters. The molecule has 8 nitrogen and oxygen atoms in total. The highest BCUT2D eigenvalue weighted by molar-refractivity contribution is 7.89. The summed E-state index contributed by atoms with van der Waals surface area (Å²) in [4.78, 5) is 12.0. The SMILES string of the molecule is Cc1cc(-c2cc(=O)[nH]nc2C2CCN(S(=O)(=O)c3ccc(Cl)cc3)CC2)on1. The number of aromatic nitrogens is 3. The minimum absolute atomic E-state index is 0.0103. The van der Waals surface area contributed by atoms with Gasteiger partial charge in [0.05, 0.1) is 16.3 Å². The molecule has 1 aliphatic rings. The summed E-state index contributed by atoms with van der Waals surface area (Å²) in [6, 6.07) is 9.35. The van der Waals surface area contributed by atoms with E-state index in [2.05, 4.69) is 15.4 Å². The molecule has 0 bridgehead atoms. The van der Waals surface area contributed by atoms with Crippen molar-refractivity contribution in [3.63, 3.8) is 0 Å². The number of hydrogen-bond acceptors (Lipinski definition) is 6. The predicted octanol–water partition coefficient (Wildman–Crippen LogP) is 2.96. The van der Waals surface area contributed by atoms with E-state index in [1.54, 1.807) is 25.1 Å². The van der Waals surface area contributed by atoms with Gasteiger partial charge in [-0.15, -0.1) is 0 Å². The number of nitrogens with zero attached hydrogens (tertiary/aromatic N) is 3. The standard InChI is InChI=1S/C19H19ClN4O4S/c1-12-10-17(28-23-12)16-11-18(25)21-22-19(16)13-6-8-24(9-7-13)29(26,27)15-4-2-14(20)3-5-15/h2-5,10-11,13H,6-9H2,1H3,(H,21,25). The van der Waals surface area contributed by atoms with E-state index in [0.29, 0.717) is 53.7 Å². The number of H-pyrrole nitrogens is 1. The molecule has 1 fully saturated rings. The van der Waals surface area contributed by atoms with Gasteiger partial charge in [0.15, 0.2) is 5.76 Å². The second-order valence-corrected chi connectivity index (χ2v) is 9.37. The summed E-state index contributed by atoms with van der Waals surface area (Å²) in [6.07, 6.45) is 1.15. The fourth-order valence-electron chi connectivity index (χ4n) is 3.54. The number of aromatic amines is 1. The highest BCUT2D eigenvalue weighted by atomic mass is 35.5. The molecule has 10 heteroatoms. The lowest BCUT2D eigenvalue weighted by molar-refractivity contribution is 0.315. The average molecular weight is 435 g/mol. The highest BCUT2D eigenvalue weighted by Gasteiger charge is 2.32. The molecule has 0 radical (unpaired) electrons. The fourth-order valence-corrected chi connectivity index (χ4v) is 5.13. The van der Waals surface area contributed by atoms with Gasteiger partial charge in [0.25, 0.3) is 5.56 Å². The van der Waals surface area contributed by atoms with Crippen molar-refractivity contribution < 1.29 is 12.9 Å². The highest BCUT2D eigenvalue weighted by Crippen LogP contribution is 2.34. The minimum Gasteiger partial charge on any atom is -0.356 e. The van der Waals surface area contributed by atoms with Crippen LogP contribution in [0.1, 0.15) is 30.1 Å². The Labute approximate surface area is 172 Å². The van der Waals surface area contributed by atoms with Crippen molar-refractivity contribution in [2.45, 2.75) is 30.6 Å². The van der Waals surface area contributed by atoms with Gasteiger partial charge in [-0.25, -0.2) is 13.5 Å². The Morgan fingerprint density at radius 2 is 1.86 bits per heavy atom. The van der Waals surface area contributed by atoms with Crippen molar-refractivity contribution in [2.24, 2.45) is 0 Å². The summed E-state index contributed by atoms with van der Waals surface area (Å²) in [5.74, 6) is 0.469. The van der Waals surface area contributed by atoms with Crippen LogP contribution in [0.3, 0.4) is 0 Å². The Morgan fingerprint density at radius 1 is 1.17 bits per heavy atom. The third-order valence-corrected chi connectivity index (χ3v) is 7.19. The van der Waals surface area contributed by atoms with Crippen LogP contribution in [0.4, 0.5) is 0 Å². The number of halogens is 1. The van der Waals surface area contributed by atoms with Gasteiger partial charge in [0, 0.05) is 41.7 Å². The summed E-state index contributed by atoms with van der Waals surface area (Å²) < 4.78 is 32.5. The van der Waals surface area contributed by atoms with Crippen molar-refractivity contribution in [3.05, 3.63) is 63.2 Å². The monoisotopic (exact) mass is 434 g/mol. The summed E-state index contributed by atoms with van der Waals surface area (Å²) >= 11 is 5.86. The van der Waals surface area contributed by atoms with Gasteiger partial charge in [0.1, 0.15) is 0 Å². The van der Waals surface area contributed by atoms with Gasteiger partial charge in [0.2, 0.25) is 10.0 Å². The zero-order valence-corrected chi connectivity index (χ0v) is 17.2. The topological polar surface area (TPSA) is 109 Å². The number of hydrogen-bond donors (Lipinski definition) is 1. The largest absolute Gasteiger partial charge is 0.356 e. The molecule has 2 aromatic heterocycles. The molecule has 152 valence electrons. The maximum Gasteiger partial charge on any atom is 0.264 e. The summed E-state index contributed by atoms with van der Waals surface area (Å²) in [5.41, 5.74) is 1.65. The van der Waals surface area contributed by atoms with E-state index in [4.69, 9.17) is 16.1 Å². The zero-order valence-electron chi connectivity index (χ0n) is 15.6. The second-order valence-electron chi connectivity index (χ2n) is 7.00. The molecular formula is C19H19ClN4O4S. The van der Waals surface area contributed by atoms with Gasteiger partial charge in [-0.2, -0.15) is 9.40 Å². The molecular weight excluding hydrogens is 416 g/mol. The van der Waals surface area contributed by atoms with Crippen molar-refractivity contribution in [1.29, 1.82) is 0 Å². The van der Waals surface area contributed by atoms with Gasteiger partial charge in [-0.05, 0) is 44.0 Å². The minimum atomic E-state index is -3.58. The van der Waals surface area contributed by atoms with E-state index in [9.17, 15) is 13.2 Å². The smallest absolute Gasteiger partial charge is 0.264 e. The zero-order chi connectivity index (χ0) is 20.6. The summed E-state index contributed by atoms with van der Waals surface area (Å²) in [6.45, 7) is 2.50. The van der Waals surface area contributed by atoms with Crippen molar-refractivity contribution >= 4 is 21.6 Å². The van der Waals surface area contributed by atoms with Crippen LogP contribution < -0.4 is 5.56 Å². The first-order valence-electron chi connectivity index (χ1n) is 9.13. The molecule has 29 heavy (non-hydrogen) atoms. The van der Waals surface area contributed by atoms with Crippen LogP contribution in [-0.2, 0) is 10.0 Å². The Morgan fingerprint density at radius 3 is 2.48 bits per heavy atom. The van der Waals surface area contributed by atoms with Crippen LogP contribution in [0, 0.1) is 6.92 Å². The van der Waals surface area contributed by atoms with Crippen LogP contribution in [0.5, 0.6) is 0 Å². The molecule has 0 atom stereocenters. The first kappa shape index (κ1) is 19.8. The van der Waals surface area contributed by atoms with Crippen LogP contribution in [0.25, 0.3) is 11.3 Å². The van der Waals surface area contributed by atoms with Crippen LogP contribution >= 0.6 is 11.6 Å². The number of piperidine rings is 1. The lowest BCUT2D eigenvalue weighted by Crippen LogP contribution is -2.38. The predicted molar refractivity (Wildman–Crippen MR) is 107 cm³/mol.